The average molecular weight is 281 g/mol. The van der Waals surface area contributed by atoms with E-state index >= 15 is 0 Å². The molecule has 2 rings (SSSR count). The van der Waals surface area contributed by atoms with Crippen LogP contribution in [0.15, 0.2) is 22.7 Å². The summed E-state index contributed by atoms with van der Waals surface area (Å²) in [6.07, 6.45) is 1.93. The number of nitrogens with zero attached hydrogens (tertiary/aromatic N) is 4. The summed E-state index contributed by atoms with van der Waals surface area (Å²) >= 11 is 3.45. The van der Waals surface area contributed by atoms with Gasteiger partial charge in [-0.25, -0.2) is 0 Å². The second-order valence-corrected chi connectivity index (χ2v) is 4.60. The predicted molar refractivity (Wildman–Crippen MR) is 65.6 cm³/mol. The molecule has 0 N–H and O–H groups in total. The van der Waals surface area contributed by atoms with E-state index in [1.54, 1.807) is 0 Å². The van der Waals surface area contributed by atoms with Crippen LogP contribution in [-0.2, 0) is 6.42 Å². The highest BCUT2D eigenvalue weighted by molar-refractivity contribution is 9.10. The average Bonchev–Trinajstić information content (AvgIpc) is 2.67. The molecule has 0 aliphatic rings. The molecule has 0 fully saturated rings. The highest BCUT2D eigenvalue weighted by atomic mass is 79.9. The van der Waals surface area contributed by atoms with Crippen molar-refractivity contribution in [1.29, 1.82) is 0 Å². The van der Waals surface area contributed by atoms with Gasteiger partial charge in [-0.15, -0.1) is 5.10 Å². The van der Waals surface area contributed by atoms with Crippen LogP contribution < -0.4 is 0 Å². The molecule has 0 aliphatic carbocycles. The van der Waals surface area contributed by atoms with Crippen molar-refractivity contribution in [2.75, 3.05) is 0 Å². The molecule has 0 aliphatic heterocycles. The van der Waals surface area contributed by atoms with E-state index in [1.807, 2.05) is 16.8 Å². The molecule has 2 aromatic rings. The Labute approximate surface area is 103 Å². The summed E-state index contributed by atoms with van der Waals surface area (Å²) in [6, 6.07) is 6.08. The lowest BCUT2D eigenvalue weighted by Gasteiger charge is -2.07. The molecule has 16 heavy (non-hydrogen) atoms. The number of hydrogen-bond donors (Lipinski definition) is 0. The van der Waals surface area contributed by atoms with Crippen LogP contribution in [0.4, 0.5) is 0 Å². The second-order valence-electron chi connectivity index (χ2n) is 3.69. The Morgan fingerprint density at radius 1 is 1.38 bits per heavy atom. The molecule has 1 heterocycles. The summed E-state index contributed by atoms with van der Waals surface area (Å²) in [5, 5.41) is 11.8. The Kier molecular flexibility index (Phi) is 3.33. The molecule has 0 atom stereocenters. The van der Waals surface area contributed by atoms with Crippen LogP contribution in [0.1, 0.15) is 24.7 Å². The van der Waals surface area contributed by atoms with E-state index in [0.717, 1.165) is 34.4 Å². The van der Waals surface area contributed by atoms with E-state index in [9.17, 15) is 0 Å². The van der Waals surface area contributed by atoms with Gasteiger partial charge in [-0.3, -0.25) is 0 Å². The molecule has 0 radical (unpaired) electrons. The quantitative estimate of drug-likeness (QED) is 0.868. The van der Waals surface area contributed by atoms with Gasteiger partial charge in [-0.05, 0) is 47.5 Å². The number of aromatic nitrogens is 4. The van der Waals surface area contributed by atoms with E-state index in [1.165, 1.54) is 0 Å². The van der Waals surface area contributed by atoms with Crippen LogP contribution in [0.5, 0.6) is 0 Å². The van der Waals surface area contributed by atoms with Crippen LogP contribution >= 0.6 is 15.9 Å². The third kappa shape index (κ3) is 2.14. The number of benzene rings is 1. The van der Waals surface area contributed by atoms with Gasteiger partial charge in [0.25, 0.3) is 0 Å². The Bertz CT molecular complexity index is 492. The fourth-order valence-electron chi connectivity index (χ4n) is 1.63. The van der Waals surface area contributed by atoms with Crippen molar-refractivity contribution in [2.45, 2.75) is 26.7 Å². The van der Waals surface area contributed by atoms with E-state index in [0.29, 0.717) is 0 Å². The molecular weight excluding hydrogens is 268 g/mol. The molecule has 5 heteroatoms. The molecule has 1 aromatic heterocycles. The van der Waals surface area contributed by atoms with E-state index in [4.69, 9.17) is 0 Å². The van der Waals surface area contributed by atoms with Crippen molar-refractivity contribution in [3.63, 3.8) is 0 Å². The Hall–Kier alpha value is -1.23. The monoisotopic (exact) mass is 280 g/mol. The topological polar surface area (TPSA) is 43.6 Å². The fourth-order valence-corrected chi connectivity index (χ4v) is 2.10. The third-order valence-corrected chi connectivity index (χ3v) is 2.89. The number of halogens is 1. The maximum Gasteiger partial charge on any atom is 0.156 e. The fraction of sp³-hybridized carbons (Fsp3) is 0.364. The molecule has 0 bridgehead atoms. The molecule has 84 valence electrons. The number of tetrazole rings is 1. The van der Waals surface area contributed by atoms with E-state index < -0.39 is 0 Å². The van der Waals surface area contributed by atoms with Crippen LogP contribution in [0.25, 0.3) is 5.69 Å². The zero-order valence-electron chi connectivity index (χ0n) is 9.31. The Morgan fingerprint density at radius 2 is 2.19 bits per heavy atom. The molecule has 0 saturated carbocycles. The summed E-state index contributed by atoms with van der Waals surface area (Å²) in [5.74, 6) is 0.910. The first kappa shape index (κ1) is 11.3. The molecule has 4 nitrogen and oxygen atoms in total. The van der Waals surface area contributed by atoms with Crippen molar-refractivity contribution in [3.8, 4) is 5.69 Å². The lowest BCUT2D eigenvalue weighted by atomic mass is 10.2. The smallest absolute Gasteiger partial charge is 0.156 e. The van der Waals surface area contributed by atoms with Gasteiger partial charge in [0.1, 0.15) is 0 Å². The van der Waals surface area contributed by atoms with E-state index in [-0.39, 0.29) is 0 Å². The minimum atomic E-state index is 0.891. The number of rotatable bonds is 3. The maximum atomic E-state index is 4.04. The number of hydrogen-bond acceptors (Lipinski definition) is 3. The van der Waals surface area contributed by atoms with Gasteiger partial charge in [-0.2, -0.15) is 4.68 Å². The van der Waals surface area contributed by atoms with E-state index in [2.05, 4.69) is 51.4 Å². The molecule has 0 spiro atoms. The molecule has 0 amide bonds. The van der Waals surface area contributed by atoms with Crippen molar-refractivity contribution in [3.05, 3.63) is 34.1 Å². The van der Waals surface area contributed by atoms with Crippen LogP contribution in [0.3, 0.4) is 0 Å². The van der Waals surface area contributed by atoms with Crippen molar-refractivity contribution in [1.82, 2.24) is 20.2 Å². The zero-order chi connectivity index (χ0) is 11.5. The third-order valence-electron chi connectivity index (χ3n) is 2.39. The lowest BCUT2D eigenvalue weighted by molar-refractivity contribution is 0.741. The first-order valence-corrected chi connectivity index (χ1v) is 6.05. The van der Waals surface area contributed by atoms with Crippen molar-refractivity contribution >= 4 is 15.9 Å². The number of aryl methyl sites for hydroxylation is 2. The highest BCUT2D eigenvalue weighted by Crippen LogP contribution is 2.19. The standard InChI is InChI=1S/C11H13BrN4/c1-3-4-11-13-14-15-16(11)10-6-5-9(12)7-8(10)2/h5-7H,3-4H2,1-2H3. The molecule has 1 aromatic carbocycles. The van der Waals surface area contributed by atoms with Crippen molar-refractivity contribution in [2.24, 2.45) is 0 Å². The SMILES string of the molecule is CCCc1nnnn1-c1ccc(Br)cc1C. The molecule has 0 saturated heterocycles. The largest absolute Gasteiger partial charge is 0.197 e. The summed E-state index contributed by atoms with van der Waals surface area (Å²) in [5.41, 5.74) is 2.19. The summed E-state index contributed by atoms with van der Waals surface area (Å²) in [4.78, 5) is 0. The summed E-state index contributed by atoms with van der Waals surface area (Å²) in [7, 11) is 0. The lowest BCUT2D eigenvalue weighted by Crippen LogP contribution is -2.04. The van der Waals surface area contributed by atoms with Gasteiger partial charge in [-0.1, -0.05) is 22.9 Å². The minimum absolute atomic E-state index is 0.891. The maximum absolute atomic E-state index is 4.04. The predicted octanol–water partition coefficient (Wildman–Crippen LogP) is 2.69. The van der Waals surface area contributed by atoms with Crippen LogP contribution in [0, 0.1) is 6.92 Å². The highest BCUT2D eigenvalue weighted by Gasteiger charge is 2.09. The van der Waals surface area contributed by atoms with Gasteiger partial charge in [0, 0.05) is 10.9 Å². The second kappa shape index (κ2) is 4.74. The minimum Gasteiger partial charge on any atom is -0.197 e. The van der Waals surface area contributed by atoms with Crippen LogP contribution in [-0.4, -0.2) is 20.2 Å². The first-order valence-electron chi connectivity index (χ1n) is 5.26. The Balaban J connectivity index is 2.46. The van der Waals surface area contributed by atoms with Gasteiger partial charge < -0.3 is 0 Å². The Morgan fingerprint density at radius 3 is 2.88 bits per heavy atom. The van der Waals surface area contributed by atoms with Gasteiger partial charge >= 0.3 is 0 Å². The molecular formula is C11H13BrN4. The normalized spacial score (nSPS) is 10.7. The summed E-state index contributed by atoms with van der Waals surface area (Å²) < 4.78 is 2.88. The summed E-state index contributed by atoms with van der Waals surface area (Å²) in [6.45, 7) is 4.17. The van der Waals surface area contributed by atoms with Gasteiger partial charge in [0.2, 0.25) is 0 Å². The first-order chi connectivity index (χ1) is 7.72. The van der Waals surface area contributed by atoms with Crippen LogP contribution in [0.2, 0.25) is 0 Å². The van der Waals surface area contributed by atoms with Gasteiger partial charge in [0.05, 0.1) is 5.69 Å². The van der Waals surface area contributed by atoms with Gasteiger partial charge in [0.15, 0.2) is 5.82 Å². The molecule has 0 unspecified atom stereocenters. The zero-order valence-corrected chi connectivity index (χ0v) is 10.9. The van der Waals surface area contributed by atoms with Crippen molar-refractivity contribution < 1.29 is 0 Å².